The van der Waals surface area contributed by atoms with E-state index in [1.54, 1.807) is 0 Å². The summed E-state index contributed by atoms with van der Waals surface area (Å²) in [7, 11) is 0. The minimum Gasteiger partial charge on any atom is -0.330 e. The molecule has 0 bridgehead atoms. The molecule has 0 radical (unpaired) electrons. The van der Waals surface area contributed by atoms with Crippen LogP contribution in [-0.2, 0) is 6.42 Å². The molecule has 0 aliphatic rings. The van der Waals surface area contributed by atoms with E-state index in [1.165, 1.54) is 17.7 Å². The zero-order valence-corrected chi connectivity index (χ0v) is 9.64. The van der Waals surface area contributed by atoms with Crippen LogP contribution >= 0.6 is 0 Å². The Labute approximate surface area is 101 Å². The first kappa shape index (κ1) is 11.8. The molecule has 2 rings (SSSR count). The van der Waals surface area contributed by atoms with Gasteiger partial charge in [0.1, 0.15) is 5.82 Å². The molecule has 88 valence electrons. The van der Waals surface area contributed by atoms with Gasteiger partial charge in [0.2, 0.25) is 0 Å². The van der Waals surface area contributed by atoms with Gasteiger partial charge >= 0.3 is 0 Å². The Kier molecular flexibility index (Phi) is 3.89. The Balaban J connectivity index is 2.13. The van der Waals surface area contributed by atoms with Crippen LogP contribution in [0.5, 0.6) is 0 Å². The minimum absolute atomic E-state index is 0.197. The van der Waals surface area contributed by atoms with E-state index in [9.17, 15) is 4.39 Å². The van der Waals surface area contributed by atoms with Crippen LogP contribution in [0.1, 0.15) is 17.0 Å². The van der Waals surface area contributed by atoms with Crippen molar-refractivity contribution in [1.82, 2.24) is 0 Å². The first-order valence-corrected chi connectivity index (χ1v) is 5.79. The molecule has 1 atom stereocenters. The van der Waals surface area contributed by atoms with E-state index in [-0.39, 0.29) is 5.82 Å². The normalized spacial score (nSPS) is 12.4. The van der Waals surface area contributed by atoms with Gasteiger partial charge in [-0.15, -0.1) is 0 Å². The Bertz CT molecular complexity index is 450. The Hall–Kier alpha value is -1.67. The summed E-state index contributed by atoms with van der Waals surface area (Å²) in [5, 5.41) is 0. The predicted molar refractivity (Wildman–Crippen MR) is 68.3 cm³/mol. The predicted octanol–water partition coefficient (Wildman–Crippen LogP) is 3.11. The maximum atomic E-state index is 12.8. The molecule has 2 heteroatoms. The van der Waals surface area contributed by atoms with Gasteiger partial charge in [0.15, 0.2) is 0 Å². The number of benzene rings is 2. The standard InChI is InChI=1S/C15H16FN/c16-15-8-6-12(7-9-15)10-14(11-17)13-4-2-1-3-5-13/h1-9,14H,10-11,17H2. The second-order valence-corrected chi connectivity index (χ2v) is 4.17. The average molecular weight is 229 g/mol. The van der Waals surface area contributed by atoms with Gasteiger partial charge in [0, 0.05) is 5.92 Å². The third kappa shape index (κ3) is 3.14. The van der Waals surface area contributed by atoms with E-state index in [4.69, 9.17) is 5.73 Å². The summed E-state index contributed by atoms with van der Waals surface area (Å²) in [6.45, 7) is 0.599. The number of hydrogen-bond acceptors (Lipinski definition) is 1. The molecule has 0 fully saturated rings. The highest BCUT2D eigenvalue weighted by Crippen LogP contribution is 2.19. The van der Waals surface area contributed by atoms with E-state index in [0.717, 1.165) is 12.0 Å². The molecule has 0 aliphatic carbocycles. The lowest BCUT2D eigenvalue weighted by Crippen LogP contribution is -2.14. The molecule has 0 aliphatic heterocycles. The van der Waals surface area contributed by atoms with Crippen molar-refractivity contribution in [2.24, 2.45) is 5.73 Å². The van der Waals surface area contributed by atoms with Crippen molar-refractivity contribution in [1.29, 1.82) is 0 Å². The van der Waals surface area contributed by atoms with Gasteiger partial charge in [-0.2, -0.15) is 0 Å². The number of rotatable bonds is 4. The largest absolute Gasteiger partial charge is 0.330 e. The summed E-state index contributed by atoms with van der Waals surface area (Å²) in [6, 6.07) is 16.8. The average Bonchev–Trinajstić information content (AvgIpc) is 2.39. The molecule has 17 heavy (non-hydrogen) atoms. The number of hydrogen-bond donors (Lipinski definition) is 1. The smallest absolute Gasteiger partial charge is 0.123 e. The first-order valence-electron chi connectivity index (χ1n) is 5.79. The van der Waals surface area contributed by atoms with Gasteiger partial charge in [0.25, 0.3) is 0 Å². The lowest BCUT2D eigenvalue weighted by molar-refractivity contribution is 0.625. The summed E-state index contributed by atoms with van der Waals surface area (Å²) >= 11 is 0. The Morgan fingerprint density at radius 3 is 2.18 bits per heavy atom. The van der Waals surface area contributed by atoms with Crippen LogP contribution in [0.15, 0.2) is 54.6 Å². The van der Waals surface area contributed by atoms with E-state index in [0.29, 0.717) is 12.5 Å². The molecule has 2 aromatic rings. The first-order chi connectivity index (χ1) is 8.29. The van der Waals surface area contributed by atoms with Crippen molar-refractivity contribution in [2.75, 3.05) is 6.54 Å². The molecule has 0 saturated heterocycles. The fourth-order valence-corrected chi connectivity index (χ4v) is 1.97. The van der Waals surface area contributed by atoms with Gasteiger partial charge in [0.05, 0.1) is 0 Å². The molecule has 2 N–H and O–H groups in total. The summed E-state index contributed by atoms with van der Waals surface area (Å²) in [6.07, 6.45) is 0.848. The zero-order valence-electron chi connectivity index (χ0n) is 9.64. The zero-order chi connectivity index (χ0) is 12.1. The van der Waals surface area contributed by atoms with E-state index < -0.39 is 0 Å². The molecule has 1 nitrogen and oxygen atoms in total. The van der Waals surface area contributed by atoms with E-state index >= 15 is 0 Å². The van der Waals surface area contributed by atoms with Crippen LogP contribution in [0.4, 0.5) is 4.39 Å². The maximum Gasteiger partial charge on any atom is 0.123 e. The number of halogens is 1. The molecule has 0 spiro atoms. The SMILES string of the molecule is NCC(Cc1ccc(F)cc1)c1ccccc1. The topological polar surface area (TPSA) is 26.0 Å². The van der Waals surface area contributed by atoms with E-state index in [2.05, 4.69) is 12.1 Å². The van der Waals surface area contributed by atoms with Crippen LogP contribution in [0.25, 0.3) is 0 Å². The van der Waals surface area contributed by atoms with Crippen molar-refractivity contribution in [3.05, 3.63) is 71.5 Å². The van der Waals surface area contributed by atoms with Crippen LogP contribution < -0.4 is 5.73 Å². The summed E-state index contributed by atoms with van der Waals surface area (Å²) in [5.41, 5.74) is 8.16. The van der Waals surface area contributed by atoms with Gasteiger partial charge in [-0.25, -0.2) is 4.39 Å². The molecular formula is C15H16FN. The highest BCUT2D eigenvalue weighted by atomic mass is 19.1. The summed E-state index contributed by atoms with van der Waals surface area (Å²) in [4.78, 5) is 0. The quantitative estimate of drug-likeness (QED) is 0.856. The highest BCUT2D eigenvalue weighted by molar-refractivity contribution is 5.24. The van der Waals surface area contributed by atoms with Crippen LogP contribution in [0.2, 0.25) is 0 Å². The van der Waals surface area contributed by atoms with Crippen molar-refractivity contribution in [3.8, 4) is 0 Å². The Morgan fingerprint density at radius 1 is 0.941 bits per heavy atom. The lowest BCUT2D eigenvalue weighted by atomic mass is 9.92. The Morgan fingerprint density at radius 2 is 1.59 bits per heavy atom. The van der Waals surface area contributed by atoms with Crippen LogP contribution in [0, 0.1) is 5.82 Å². The van der Waals surface area contributed by atoms with Crippen molar-refractivity contribution in [2.45, 2.75) is 12.3 Å². The third-order valence-corrected chi connectivity index (χ3v) is 2.95. The van der Waals surface area contributed by atoms with Gasteiger partial charge in [-0.3, -0.25) is 0 Å². The van der Waals surface area contributed by atoms with Crippen molar-refractivity contribution >= 4 is 0 Å². The molecule has 0 saturated carbocycles. The molecule has 0 amide bonds. The van der Waals surface area contributed by atoms with Gasteiger partial charge in [-0.05, 0) is 36.2 Å². The van der Waals surface area contributed by atoms with Crippen LogP contribution in [-0.4, -0.2) is 6.54 Å². The second-order valence-electron chi connectivity index (χ2n) is 4.17. The highest BCUT2D eigenvalue weighted by Gasteiger charge is 2.09. The van der Waals surface area contributed by atoms with Gasteiger partial charge < -0.3 is 5.73 Å². The van der Waals surface area contributed by atoms with Crippen molar-refractivity contribution in [3.63, 3.8) is 0 Å². The van der Waals surface area contributed by atoms with Crippen molar-refractivity contribution < 1.29 is 4.39 Å². The number of nitrogens with two attached hydrogens (primary N) is 1. The molecule has 0 aromatic heterocycles. The van der Waals surface area contributed by atoms with Crippen LogP contribution in [0.3, 0.4) is 0 Å². The van der Waals surface area contributed by atoms with Gasteiger partial charge in [-0.1, -0.05) is 42.5 Å². The fourth-order valence-electron chi connectivity index (χ4n) is 1.97. The lowest BCUT2D eigenvalue weighted by Gasteiger charge is -2.15. The fraction of sp³-hybridized carbons (Fsp3) is 0.200. The summed E-state index contributed by atoms with van der Waals surface area (Å²) < 4.78 is 12.8. The maximum absolute atomic E-state index is 12.8. The monoisotopic (exact) mass is 229 g/mol. The third-order valence-electron chi connectivity index (χ3n) is 2.95. The van der Waals surface area contributed by atoms with E-state index in [1.807, 2.05) is 30.3 Å². The minimum atomic E-state index is -0.197. The summed E-state index contributed by atoms with van der Waals surface area (Å²) in [5.74, 6) is 0.0967. The second kappa shape index (κ2) is 5.60. The molecular weight excluding hydrogens is 213 g/mol. The molecule has 2 aromatic carbocycles. The molecule has 1 unspecified atom stereocenters. The molecule has 0 heterocycles.